The van der Waals surface area contributed by atoms with Crippen LogP contribution in [0, 0.1) is 0 Å². The Morgan fingerprint density at radius 2 is 2.05 bits per heavy atom. The third kappa shape index (κ3) is 7.28. The fraction of sp³-hybridized carbons (Fsp3) is 0.385. The highest BCUT2D eigenvalue weighted by Gasteiger charge is 2.09. The van der Waals surface area contributed by atoms with Crippen LogP contribution in [-0.4, -0.2) is 44.0 Å². The van der Waals surface area contributed by atoms with Gasteiger partial charge in [0.15, 0.2) is 6.61 Å². The zero-order valence-electron chi connectivity index (χ0n) is 11.8. The molecular weight excluding hydrogens is 334 g/mol. The van der Waals surface area contributed by atoms with Crippen molar-refractivity contribution in [1.29, 1.82) is 0 Å². The average molecular weight is 350 g/mol. The molecule has 0 aliphatic carbocycles. The minimum atomic E-state index is -3.08. The first kappa shape index (κ1) is 18.2. The second-order valence-corrected chi connectivity index (χ2v) is 7.28. The molecule has 0 aromatic heterocycles. The third-order valence-corrected chi connectivity index (χ3v) is 3.81. The second-order valence-electron chi connectivity index (χ2n) is 4.61. The van der Waals surface area contributed by atoms with Crippen molar-refractivity contribution in [3.63, 3.8) is 0 Å². The molecule has 1 aromatic rings. The number of aliphatic carboxylic acids is 1. The average Bonchev–Trinajstić information content (AvgIpc) is 2.35. The maximum absolute atomic E-state index is 11.7. The lowest BCUT2D eigenvalue weighted by molar-refractivity contribution is -0.139. The summed E-state index contributed by atoms with van der Waals surface area (Å²) in [5, 5.41) is 11.2. The summed E-state index contributed by atoms with van der Waals surface area (Å²) in [6.45, 7) is -0.517. The number of rotatable bonds is 8. The number of benzene rings is 1. The Hall–Kier alpha value is -1.80. The molecule has 0 aliphatic heterocycles. The van der Waals surface area contributed by atoms with E-state index in [1.165, 1.54) is 18.2 Å². The largest absolute Gasteiger partial charge is 0.480 e. The van der Waals surface area contributed by atoms with Crippen LogP contribution in [0.25, 0.3) is 0 Å². The molecular formula is C13H16ClNO6S. The van der Waals surface area contributed by atoms with Crippen LogP contribution in [0.3, 0.4) is 0 Å². The maximum Gasteiger partial charge on any atom is 0.341 e. The standard InChI is InChI=1S/C13H16ClNO6S/c1-22(19,20)6-2-3-12(16)15-9-4-5-11(10(14)7-9)21-8-13(17)18/h4-5,7H,2-3,6,8H2,1H3,(H,15,16)(H,17,18). The van der Waals surface area contributed by atoms with Crippen LogP contribution in [0.4, 0.5) is 5.69 Å². The van der Waals surface area contributed by atoms with Crippen LogP contribution in [0.15, 0.2) is 18.2 Å². The minimum absolute atomic E-state index is 0.0524. The summed E-state index contributed by atoms with van der Waals surface area (Å²) < 4.78 is 26.9. The number of sulfone groups is 1. The van der Waals surface area contributed by atoms with Crippen LogP contribution in [-0.2, 0) is 19.4 Å². The number of carboxylic acid groups (broad SMARTS) is 1. The van der Waals surface area contributed by atoms with Crippen molar-refractivity contribution in [2.75, 3.05) is 23.9 Å². The van der Waals surface area contributed by atoms with Gasteiger partial charge in [0, 0.05) is 18.4 Å². The molecule has 122 valence electrons. The first-order valence-corrected chi connectivity index (χ1v) is 8.73. The zero-order valence-corrected chi connectivity index (χ0v) is 13.4. The van der Waals surface area contributed by atoms with E-state index in [9.17, 15) is 18.0 Å². The maximum atomic E-state index is 11.7. The number of nitrogens with one attached hydrogen (secondary N) is 1. The van der Waals surface area contributed by atoms with Gasteiger partial charge < -0.3 is 15.2 Å². The first-order valence-electron chi connectivity index (χ1n) is 6.29. The molecule has 1 amide bonds. The van der Waals surface area contributed by atoms with E-state index in [2.05, 4.69) is 5.32 Å². The van der Waals surface area contributed by atoms with Crippen molar-refractivity contribution in [3.8, 4) is 5.75 Å². The molecule has 0 heterocycles. The molecule has 0 fully saturated rings. The molecule has 0 saturated carbocycles. The molecule has 0 unspecified atom stereocenters. The summed E-state index contributed by atoms with van der Waals surface area (Å²) in [7, 11) is -3.08. The van der Waals surface area contributed by atoms with Crippen LogP contribution >= 0.6 is 11.6 Å². The molecule has 0 radical (unpaired) electrons. The normalized spacial score (nSPS) is 11.0. The summed E-state index contributed by atoms with van der Waals surface area (Å²) >= 11 is 5.91. The lowest BCUT2D eigenvalue weighted by Crippen LogP contribution is -2.14. The molecule has 7 nitrogen and oxygen atoms in total. The molecule has 9 heteroatoms. The highest BCUT2D eigenvalue weighted by molar-refractivity contribution is 7.90. The first-order chi connectivity index (χ1) is 10.2. The van der Waals surface area contributed by atoms with Crippen molar-refractivity contribution >= 4 is 39.0 Å². The van der Waals surface area contributed by atoms with Crippen LogP contribution < -0.4 is 10.1 Å². The van der Waals surface area contributed by atoms with Gasteiger partial charge in [-0.05, 0) is 24.6 Å². The van der Waals surface area contributed by atoms with Crippen molar-refractivity contribution in [2.45, 2.75) is 12.8 Å². The number of amides is 1. The van der Waals surface area contributed by atoms with Gasteiger partial charge in [-0.25, -0.2) is 13.2 Å². The summed E-state index contributed by atoms with van der Waals surface area (Å²) in [5.74, 6) is -1.32. The van der Waals surface area contributed by atoms with Crippen LogP contribution in [0.1, 0.15) is 12.8 Å². The highest BCUT2D eigenvalue weighted by Crippen LogP contribution is 2.27. The Labute approximate surface area is 133 Å². The number of anilines is 1. The van der Waals surface area contributed by atoms with E-state index < -0.39 is 22.4 Å². The Morgan fingerprint density at radius 1 is 1.36 bits per heavy atom. The van der Waals surface area contributed by atoms with Crippen molar-refractivity contribution in [2.24, 2.45) is 0 Å². The smallest absolute Gasteiger partial charge is 0.341 e. The van der Waals surface area contributed by atoms with Gasteiger partial charge in [0.05, 0.1) is 10.8 Å². The van der Waals surface area contributed by atoms with E-state index in [0.717, 1.165) is 6.26 Å². The molecule has 0 spiro atoms. The quantitative estimate of drug-likeness (QED) is 0.737. The third-order valence-electron chi connectivity index (χ3n) is 2.49. The van der Waals surface area contributed by atoms with Gasteiger partial charge in [0.1, 0.15) is 15.6 Å². The monoisotopic (exact) mass is 349 g/mol. The highest BCUT2D eigenvalue weighted by atomic mass is 35.5. The summed E-state index contributed by atoms with van der Waals surface area (Å²) in [5.41, 5.74) is 0.414. The van der Waals surface area contributed by atoms with Crippen LogP contribution in [0.5, 0.6) is 5.75 Å². The van der Waals surface area contributed by atoms with Gasteiger partial charge in [0.2, 0.25) is 5.91 Å². The Morgan fingerprint density at radius 3 is 2.59 bits per heavy atom. The van der Waals surface area contributed by atoms with Gasteiger partial charge in [-0.15, -0.1) is 0 Å². The molecule has 0 aliphatic rings. The summed E-state index contributed by atoms with van der Waals surface area (Å²) in [4.78, 5) is 22.1. The lowest BCUT2D eigenvalue weighted by atomic mass is 10.2. The number of carbonyl (C=O) groups excluding carboxylic acids is 1. The Balaban J connectivity index is 2.54. The number of halogens is 1. The lowest BCUT2D eigenvalue weighted by Gasteiger charge is -2.09. The topological polar surface area (TPSA) is 110 Å². The SMILES string of the molecule is CS(=O)(=O)CCCC(=O)Nc1ccc(OCC(=O)O)c(Cl)c1. The number of carbonyl (C=O) groups is 2. The molecule has 1 aromatic carbocycles. The number of carboxylic acids is 1. The van der Waals surface area contributed by atoms with Gasteiger partial charge in [0.25, 0.3) is 0 Å². The molecule has 0 bridgehead atoms. The van der Waals surface area contributed by atoms with E-state index in [4.69, 9.17) is 21.4 Å². The molecule has 0 atom stereocenters. The van der Waals surface area contributed by atoms with E-state index in [1.807, 2.05) is 0 Å². The number of hydrogen-bond donors (Lipinski definition) is 2. The fourth-order valence-corrected chi connectivity index (χ4v) is 2.46. The summed E-state index contributed by atoms with van der Waals surface area (Å²) in [6.07, 6.45) is 1.42. The number of ether oxygens (including phenoxy) is 1. The Bertz CT molecular complexity index is 658. The molecule has 0 saturated heterocycles. The fourth-order valence-electron chi connectivity index (χ4n) is 1.55. The van der Waals surface area contributed by atoms with Crippen LogP contribution in [0.2, 0.25) is 5.02 Å². The molecule has 1 rings (SSSR count). The van der Waals surface area contributed by atoms with Crippen molar-refractivity contribution in [1.82, 2.24) is 0 Å². The van der Waals surface area contributed by atoms with Gasteiger partial charge in [-0.2, -0.15) is 0 Å². The minimum Gasteiger partial charge on any atom is -0.480 e. The van der Waals surface area contributed by atoms with E-state index in [1.54, 1.807) is 0 Å². The number of hydrogen-bond acceptors (Lipinski definition) is 5. The summed E-state index contributed by atoms with van der Waals surface area (Å²) in [6, 6.07) is 4.38. The van der Waals surface area contributed by atoms with E-state index in [-0.39, 0.29) is 35.3 Å². The van der Waals surface area contributed by atoms with Crippen molar-refractivity contribution < 1.29 is 27.9 Å². The van der Waals surface area contributed by atoms with Gasteiger partial charge in [-0.3, -0.25) is 4.79 Å². The predicted octanol–water partition coefficient (Wildman–Crippen LogP) is 1.57. The van der Waals surface area contributed by atoms with E-state index >= 15 is 0 Å². The second kappa shape index (κ2) is 8.00. The van der Waals surface area contributed by atoms with Gasteiger partial charge in [-0.1, -0.05) is 11.6 Å². The molecule has 2 N–H and O–H groups in total. The molecule has 22 heavy (non-hydrogen) atoms. The van der Waals surface area contributed by atoms with E-state index in [0.29, 0.717) is 5.69 Å². The van der Waals surface area contributed by atoms with Crippen molar-refractivity contribution in [3.05, 3.63) is 23.2 Å². The van der Waals surface area contributed by atoms with Gasteiger partial charge >= 0.3 is 5.97 Å². The Kier molecular flexibility index (Phi) is 6.63. The predicted molar refractivity (Wildman–Crippen MR) is 82.2 cm³/mol. The zero-order chi connectivity index (χ0) is 16.8.